The standard InChI is InChI=1S/C24H21ClN6O2/c1-14-27-18-5-3-16(7-20(18)28-14)33-17-4-6-19-21(8-17)29-22(23(25)30-19)15-9-26-31(10-15)11-24(2)12-32-13-24/h3-10H,11-13H2,1-2H3,(H,27,28). The number of halogens is 1. The fourth-order valence-corrected chi connectivity index (χ4v) is 4.32. The van der Waals surface area contributed by atoms with E-state index in [1.165, 1.54) is 0 Å². The molecule has 6 rings (SSSR count). The lowest BCUT2D eigenvalue weighted by Crippen LogP contribution is -2.43. The zero-order valence-corrected chi connectivity index (χ0v) is 18.9. The van der Waals surface area contributed by atoms with Gasteiger partial charge in [0.2, 0.25) is 0 Å². The molecule has 33 heavy (non-hydrogen) atoms. The molecule has 5 aromatic rings. The number of rotatable bonds is 5. The van der Waals surface area contributed by atoms with Crippen molar-refractivity contribution in [3.63, 3.8) is 0 Å². The molecule has 4 heterocycles. The van der Waals surface area contributed by atoms with Gasteiger partial charge in [-0.15, -0.1) is 0 Å². The zero-order chi connectivity index (χ0) is 22.6. The second kappa shape index (κ2) is 7.54. The third kappa shape index (κ3) is 3.81. The van der Waals surface area contributed by atoms with E-state index in [1.807, 2.05) is 54.2 Å². The molecule has 0 saturated carbocycles. The summed E-state index contributed by atoms with van der Waals surface area (Å²) in [6.45, 7) is 6.39. The summed E-state index contributed by atoms with van der Waals surface area (Å²) in [6, 6.07) is 11.3. The predicted molar refractivity (Wildman–Crippen MR) is 126 cm³/mol. The van der Waals surface area contributed by atoms with Gasteiger partial charge < -0.3 is 14.5 Å². The highest BCUT2D eigenvalue weighted by atomic mass is 35.5. The van der Waals surface area contributed by atoms with E-state index >= 15 is 0 Å². The average molecular weight is 461 g/mol. The highest BCUT2D eigenvalue weighted by Crippen LogP contribution is 2.32. The number of H-pyrrole nitrogens is 1. The van der Waals surface area contributed by atoms with E-state index in [-0.39, 0.29) is 5.41 Å². The SMILES string of the molecule is Cc1nc2ccc(Oc3ccc4nc(Cl)c(-c5cnn(CC6(C)COC6)c5)nc4c3)cc2[nH]1. The van der Waals surface area contributed by atoms with E-state index in [4.69, 9.17) is 26.1 Å². The number of aromatic nitrogens is 6. The van der Waals surface area contributed by atoms with Crippen LogP contribution in [0, 0.1) is 12.3 Å². The summed E-state index contributed by atoms with van der Waals surface area (Å²) in [7, 11) is 0. The molecule has 0 spiro atoms. The maximum atomic E-state index is 6.47. The highest BCUT2D eigenvalue weighted by Gasteiger charge is 2.34. The van der Waals surface area contributed by atoms with Crippen molar-refractivity contribution in [1.29, 1.82) is 0 Å². The Labute approximate surface area is 194 Å². The number of imidazole rings is 1. The van der Waals surface area contributed by atoms with Crippen molar-refractivity contribution in [1.82, 2.24) is 29.7 Å². The van der Waals surface area contributed by atoms with E-state index < -0.39 is 0 Å². The lowest BCUT2D eigenvalue weighted by atomic mass is 9.89. The molecule has 3 aromatic heterocycles. The number of benzene rings is 2. The lowest BCUT2D eigenvalue weighted by Gasteiger charge is -2.37. The lowest BCUT2D eigenvalue weighted by molar-refractivity contribution is -0.111. The maximum absolute atomic E-state index is 6.47. The van der Waals surface area contributed by atoms with E-state index in [2.05, 4.69) is 27.0 Å². The van der Waals surface area contributed by atoms with Crippen molar-refractivity contribution in [2.24, 2.45) is 5.41 Å². The van der Waals surface area contributed by atoms with Crippen LogP contribution in [0.25, 0.3) is 33.3 Å². The van der Waals surface area contributed by atoms with Crippen LogP contribution >= 0.6 is 11.6 Å². The fraction of sp³-hybridized carbons (Fsp3) is 0.250. The molecule has 166 valence electrons. The summed E-state index contributed by atoms with van der Waals surface area (Å²) < 4.78 is 13.3. The Kier molecular flexibility index (Phi) is 4.60. The largest absolute Gasteiger partial charge is 0.457 e. The van der Waals surface area contributed by atoms with Gasteiger partial charge in [0, 0.05) is 29.3 Å². The van der Waals surface area contributed by atoms with Gasteiger partial charge in [-0.25, -0.2) is 15.0 Å². The van der Waals surface area contributed by atoms with E-state index in [0.717, 1.165) is 42.2 Å². The molecule has 0 aliphatic carbocycles. The molecule has 1 fully saturated rings. The minimum atomic E-state index is 0.117. The Morgan fingerprint density at radius 2 is 1.85 bits per heavy atom. The van der Waals surface area contributed by atoms with Gasteiger partial charge in [0.25, 0.3) is 0 Å². The Bertz CT molecular complexity index is 1500. The summed E-state index contributed by atoms with van der Waals surface area (Å²) >= 11 is 6.47. The average Bonchev–Trinajstić information content (AvgIpc) is 3.37. The van der Waals surface area contributed by atoms with Crippen molar-refractivity contribution in [2.45, 2.75) is 20.4 Å². The number of aryl methyl sites for hydroxylation is 1. The summed E-state index contributed by atoms with van der Waals surface area (Å²) in [5.74, 6) is 2.24. The first kappa shape index (κ1) is 20.1. The summed E-state index contributed by atoms with van der Waals surface area (Å²) in [5.41, 5.74) is 4.76. The Balaban J connectivity index is 1.30. The third-order valence-corrected chi connectivity index (χ3v) is 6.02. The van der Waals surface area contributed by atoms with Crippen LogP contribution in [0.3, 0.4) is 0 Å². The van der Waals surface area contributed by atoms with Gasteiger partial charge in [-0.05, 0) is 31.2 Å². The molecule has 8 nitrogen and oxygen atoms in total. The third-order valence-electron chi connectivity index (χ3n) is 5.75. The highest BCUT2D eigenvalue weighted by molar-refractivity contribution is 6.32. The number of ether oxygens (including phenoxy) is 2. The van der Waals surface area contributed by atoms with E-state index in [0.29, 0.717) is 33.4 Å². The van der Waals surface area contributed by atoms with Gasteiger partial charge in [0.15, 0.2) is 5.15 Å². The monoisotopic (exact) mass is 460 g/mol. The van der Waals surface area contributed by atoms with Crippen molar-refractivity contribution < 1.29 is 9.47 Å². The normalized spacial score (nSPS) is 15.1. The van der Waals surface area contributed by atoms with E-state index in [9.17, 15) is 0 Å². The molecule has 1 aliphatic heterocycles. The summed E-state index contributed by atoms with van der Waals surface area (Å²) in [4.78, 5) is 17.0. The minimum absolute atomic E-state index is 0.117. The second-order valence-electron chi connectivity index (χ2n) is 8.85. The Morgan fingerprint density at radius 1 is 1.06 bits per heavy atom. The first-order valence-electron chi connectivity index (χ1n) is 10.7. The molecule has 2 aromatic carbocycles. The molecule has 9 heteroatoms. The molecule has 0 amide bonds. The number of hydrogen-bond acceptors (Lipinski definition) is 6. The van der Waals surface area contributed by atoms with Crippen molar-refractivity contribution >= 4 is 33.7 Å². The van der Waals surface area contributed by atoms with Gasteiger partial charge in [-0.1, -0.05) is 18.5 Å². The van der Waals surface area contributed by atoms with Crippen LogP contribution in [-0.4, -0.2) is 42.9 Å². The second-order valence-corrected chi connectivity index (χ2v) is 9.20. The molecule has 0 atom stereocenters. The molecule has 0 unspecified atom stereocenters. The van der Waals surface area contributed by atoms with Crippen molar-refractivity contribution in [3.8, 4) is 22.8 Å². The number of nitrogens with one attached hydrogen (secondary N) is 1. The van der Waals surface area contributed by atoms with Crippen LogP contribution in [0.1, 0.15) is 12.7 Å². The Morgan fingerprint density at radius 3 is 2.64 bits per heavy atom. The number of nitrogens with zero attached hydrogens (tertiary/aromatic N) is 5. The van der Waals surface area contributed by atoms with Gasteiger partial charge >= 0.3 is 0 Å². The van der Waals surface area contributed by atoms with Crippen LogP contribution in [0.4, 0.5) is 0 Å². The molecule has 0 radical (unpaired) electrons. The van der Waals surface area contributed by atoms with Gasteiger partial charge in [0.05, 0.1) is 48.0 Å². The Hall–Kier alpha value is -3.49. The van der Waals surface area contributed by atoms with Crippen LogP contribution in [-0.2, 0) is 11.3 Å². The zero-order valence-electron chi connectivity index (χ0n) is 18.2. The number of hydrogen-bond donors (Lipinski definition) is 1. The van der Waals surface area contributed by atoms with Crippen LogP contribution < -0.4 is 4.74 Å². The summed E-state index contributed by atoms with van der Waals surface area (Å²) in [5, 5.41) is 4.82. The minimum Gasteiger partial charge on any atom is -0.457 e. The fourth-order valence-electron chi connectivity index (χ4n) is 4.08. The topological polar surface area (TPSA) is 90.7 Å². The van der Waals surface area contributed by atoms with Gasteiger partial charge in [0.1, 0.15) is 23.0 Å². The van der Waals surface area contributed by atoms with Crippen LogP contribution in [0.15, 0.2) is 48.8 Å². The van der Waals surface area contributed by atoms with Crippen LogP contribution in [0.5, 0.6) is 11.5 Å². The smallest absolute Gasteiger partial charge is 0.156 e. The van der Waals surface area contributed by atoms with E-state index in [1.54, 1.807) is 6.20 Å². The van der Waals surface area contributed by atoms with Crippen molar-refractivity contribution in [2.75, 3.05) is 13.2 Å². The van der Waals surface area contributed by atoms with Crippen molar-refractivity contribution in [3.05, 3.63) is 59.8 Å². The molecule has 0 bridgehead atoms. The summed E-state index contributed by atoms with van der Waals surface area (Å²) in [6.07, 6.45) is 3.72. The molecular weight excluding hydrogens is 440 g/mol. The molecule has 1 N–H and O–H groups in total. The number of aromatic amines is 1. The van der Waals surface area contributed by atoms with Gasteiger partial charge in [-0.2, -0.15) is 5.10 Å². The first-order valence-corrected chi connectivity index (χ1v) is 11.0. The van der Waals surface area contributed by atoms with Crippen LogP contribution in [0.2, 0.25) is 5.15 Å². The molecule has 1 aliphatic rings. The number of fused-ring (bicyclic) bond motifs is 2. The van der Waals surface area contributed by atoms with Gasteiger partial charge in [-0.3, -0.25) is 4.68 Å². The predicted octanol–water partition coefficient (Wildman–Crippen LogP) is 5.16. The molecule has 1 saturated heterocycles. The quantitative estimate of drug-likeness (QED) is 0.389. The molecular formula is C24H21ClN6O2. The maximum Gasteiger partial charge on any atom is 0.156 e. The first-order chi connectivity index (χ1) is 15.9.